The highest BCUT2D eigenvalue weighted by atomic mass is 35.5. The molecule has 2 aromatic rings. The van der Waals surface area contributed by atoms with Gasteiger partial charge in [0.15, 0.2) is 5.82 Å². The zero-order valence-electron chi connectivity index (χ0n) is 13.4. The summed E-state index contributed by atoms with van der Waals surface area (Å²) in [5.74, 6) is 1.24. The summed E-state index contributed by atoms with van der Waals surface area (Å²) in [6, 6.07) is 8.18. The molecule has 0 saturated carbocycles. The molecule has 3 rings (SSSR count). The third-order valence-electron chi connectivity index (χ3n) is 4.33. The van der Waals surface area contributed by atoms with Gasteiger partial charge in [0.1, 0.15) is 5.15 Å². The number of aryl methyl sites for hydroxylation is 2. The van der Waals surface area contributed by atoms with Crippen LogP contribution in [0.3, 0.4) is 0 Å². The first-order valence-corrected chi connectivity index (χ1v) is 8.29. The Morgan fingerprint density at radius 3 is 2.50 bits per heavy atom. The summed E-state index contributed by atoms with van der Waals surface area (Å²) >= 11 is 6.26. The highest BCUT2D eigenvalue weighted by Gasteiger charge is 2.29. The maximum atomic E-state index is 6.26. The van der Waals surface area contributed by atoms with Crippen LogP contribution < -0.4 is 0 Å². The van der Waals surface area contributed by atoms with Gasteiger partial charge in [-0.15, -0.1) is 0 Å². The van der Waals surface area contributed by atoms with E-state index in [-0.39, 0.29) is 0 Å². The number of hydrogen-bond acceptors (Lipinski definition) is 3. The second-order valence-electron chi connectivity index (χ2n) is 6.16. The van der Waals surface area contributed by atoms with Crippen molar-refractivity contribution in [1.29, 1.82) is 0 Å². The standard InChI is InChI=1S/C18H22ClN3/c1-4-8-22-10-14(11-22)15-9-16(19)21-18(20-15)17-12(2)6-5-7-13(17)3/h5-7,9,14H,4,8,10-11H2,1-3H3. The molecule has 3 nitrogen and oxygen atoms in total. The summed E-state index contributed by atoms with van der Waals surface area (Å²) < 4.78 is 0. The van der Waals surface area contributed by atoms with Crippen molar-refractivity contribution in [1.82, 2.24) is 14.9 Å². The van der Waals surface area contributed by atoms with Crippen molar-refractivity contribution in [2.24, 2.45) is 0 Å². The molecule has 0 atom stereocenters. The molecule has 2 heterocycles. The van der Waals surface area contributed by atoms with Crippen LogP contribution in [0.1, 0.15) is 36.1 Å². The maximum absolute atomic E-state index is 6.26. The fourth-order valence-corrected chi connectivity index (χ4v) is 3.37. The Labute approximate surface area is 137 Å². The first-order chi connectivity index (χ1) is 10.6. The Kier molecular flexibility index (Phi) is 4.46. The molecular weight excluding hydrogens is 294 g/mol. The molecule has 116 valence electrons. The minimum absolute atomic E-state index is 0.482. The predicted octanol–water partition coefficient (Wildman–Crippen LogP) is 4.22. The number of nitrogens with zero attached hydrogens (tertiary/aromatic N) is 3. The number of benzene rings is 1. The lowest BCUT2D eigenvalue weighted by Gasteiger charge is -2.38. The van der Waals surface area contributed by atoms with Crippen molar-refractivity contribution in [2.45, 2.75) is 33.1 Å². The van der Waals surface area contributed by atoms with Gasteiger partial charge < -0.3 is 4.90 Å². The van der Waals surface area contributed by atoms with Gasteiger partial charge in [-0.05, 0) is 44.0 Å². The van der Waals surface area contributed by atoms with Crippen molar-refractivity contribution >= 4 is 11.6 Å². The Balaban J connectivity index is 1.91. The van der Waals surface area contributed by atoms with Gasteiger partial charge in [0.2, 0.25) is 0 Å². The highest BCUT2D eigenvalue weighted by molar-refractivity contribution is 6.29. The van der Waals surface area contributed by atoms with Crippen molar-refractivity contribution in [3.8, 4) is 11.4 Å². The zero-order valence-corrected chi connectivity index (χ0v) is 14.2. The van der Waals surface area contributed by atoms with Gasteiger partial charge in [-0.2, -0.15) is 0 Å². The fraction of sp³-hybridized carbons (Fsp3) is 0.444. The van der Waals surface area contributed by atoms with Crippen LogP contribution in [0.4, 0.5) is 0 Å². The van der Waals surface area contributed by atoms with Crippen LogP contribution >= 0.6 is 11.6 Å². The number of hydrogen-bond donors (Lipinski definition) is 0. The third kappa shape index (κ3) is 3.01. The van der Waals surface area contributed by atoms with Crippen LogP contribution in [0.5, 0.6) is 0 Å². The molecule has 4 heteroatoms. The monoisotopic (exact) mass is 315 g/mol. The lowest BCUT2D eigenvalue weighted by atomic mass is 9.95. The molecule has 1 aliphatic rings. The van der Waals surface area contributed by atoms with Crippen LogP contribution in [-0.4, -0.2) is 34.5 Å². The van der Waals surface area contributed by atoms with Crippen LogP contribution in [0.25, 0.3) is 11.4 Å². The highest BCUT2D eigenvalue weighted by Crippen LogP contribution is 2.30. The molecule has 0 bridgehead atoms. The smallest absolute Gasteiger partial charge is 0.161 e. The van der Waals surface area contributed by atoms with E-state index in [1.54, 1.807) is 0 Å². The molecule has 0 aliphatic carbocycles. The largest absolute Gasteiger partial charge is 0.302 e. The summed E-state index contributed by atoms with van der Waals surface area (Å²) in [6.07, 6.45) is 1.20. The van der Waals surface area contributed by atoms with E-state index in [1.165, 1.54) is 24.1 Å². The summed E-state index contributed by atoms with van der Waals surface area (Å²) in [7, 11) is 0. The fourth-order valence-electron chi connectivity index (χ4n) is 3.18. The molecule has 1 saturated heterocycles. The summed E-state index contributed by atoms with van der Waals surface area (Å²) in [5.41, 5.74) is 4.56. The normalized spacial score (nSPS) is 15.8. The van der Waals surface area contributed by atoms with Gasteiger partial charge >= 0.3 is 0 Å². The van der Waals surface area contributed by atoms with Crippen molar-refractivity contribution in [3.05, 3.63) is 46.2 Å². The zero-order chi connectivity index (χ0) is 15.7. The molecule has 1 aliphatic heterocycles. The molecule has 0 spiro atoms. The molecule has 0 radical (unpaired) electrons. The summed E-state index contributed by atoms with van der Waals surface area (Å²) in [5, 5.41) is 0.539. The van der Waals surface area contributed by atoms with E-state index >= 15 is 0 Å². The molecule has 1 fully saturated rings. The Hall–Kier alpha value is -1.45. The minimum Gasteiger partial charge on any atom is -0.302 e. The predicted molar refractivity (Wildman–Crippen MR) is 91.4 cm³/mol. The first kappa shape index (κ1) is 15.4. The maximum Gasteiger partial charge on any atom is 0.161 e. The molecule has 0 unspecified atom stereocenters. The van der Waals surface area contributed by atoms with E-state index in [1.807, 2.05) is 6.07 Å². The summed E-state index contributed by atoms with van der Waals surface area (Å²) in [4.78, 5) is 11.7. The lowest BCUT2D eigenvalue weighted by Crippen LogP contribution is -2.45. The van der Waals surface area contributed by atoms with Crippen LogP contribution in [0.15, 0.2) is 24.3 Å². The van der Waals surface area contributed by atoms with Gasteiger partial charge in [-0.25, -0.2) is 9.97 Å². The summed E-state index contributed by atoms with van der Waals surface area (Å²) in [6.45, 7) is 9.73. The van der Waals surface area contributed by atoms with Crippen LogP contribution in [-0.2, 0) is 0 Å². The van der Waals surface area contributed by atoms with E-state index in [9.17, 15) is 0 Å². The quantitative estimate of drug-likeness (QED) is 0.791. The van der Waals surface area contributed by atoms with E-state index < -0.39 is 0 Å². The second-order valence-corrected chi connectivity index (χ2v) is 6.55. The van der Waals surface area contributed by atoms with E-state index in [4.69, 9.17) is 16.6 Å². The Morgan fingerprint density at radius 1 is 1.18 bits per heavy atom. The van der Waals surface area contributed by atoms with Crippen molar-refractivity contribution in [2.75, 3.05) is 19.6 Å². The number of likely N-dealkylation sites (tertiary alicyclic amines) is 1. The van der Waals surface area contributed by atoms with Crippen LogP contribution in [0.2, 0.25) is 5.15 Å². The van der Waals surface area contributed by atoms with E-state index in [0.717, 1.165) is 30.2 Å². The SMILES string of the molecule is CCCN1CC(c2cc(Cl)nc(-c3c(C)cccc3C)n2)C1. The van der Waals surface area contributed by atoms with E-state index in [0.29, 0.717) is 11.1 Å². The molecule has 0 amide bonds. The van der Waals surface area contributed by atoms with E-state index in [2.05, 4.69) is 48.9 Å². The average molecular weight is 316 g/mol. The number of halogens is 1. The molecule has 22 heavy (non-hydrogen) atoms. The molecular formula is C18H22ClN3. The Morgan fingerprint density at radius 2 is 1.86 bits per heavy atom. The Bertz CT molecular complexity index is 658. The van der Waals surface area contributed by atoms with Crippen LogP contribution in [0, 0.1) is 13.8 Å². The van der Waals surface area contributed by atoms with Crippen molar-refractivity contribution < 1.29 is 0 Å². The molecule has 1 aromatic heterocycles. The second kappa shape index (κ2) is 6.35. The first-order valence-electron chi connectivity index (χ1n) is 7.92. The van der Waals surface area contributed by atoms with Gasteiger partial charge in [0.05, 0.1) is 5.69 Å². The average Bonchev–Trinajstić information content (AvgIpc) is 2.41. The molecule has 1 aromatic carbocycles. The molecule has 0 N–H and O–H groups in total. The van der Waals surface area contributed by atoms with Crippen molar-refractivity contribution in [3.63, 3.8) is 0 Å². The topological polar surface area (TPSA) is 29.0 Å². The number of rotatable bonds is 4. The van der Waals surface area contributed by atoms with Gasteiger partial charge in [0.25, 0.3) is 0 Å². The van der Waals surface area contributed by atoms with Gasteiger partial charge in [0, 0.05) is 24.6 Å². The minimum atomic E-state index is 0.482. The third-order valence-corrected chi connectivity index (χ3v) is 4.53. The number of aromatic nitrogens is 2. The van der Waals surface area contributed by atoms with Gasteiger partial charge in [-0.3, -0.25) is 0 Å². The van der Waals surface area contributed by atoms with Gasteiger partial charge in [-0.1, -0.05) is 36.7 Å². The lowest BCUT2D eigenvalue weighted by molar-refractivity contribution is 0.146.